The molecule has 0 aliphatic carbocycles. The Bertz CT molecular complexity index is 1140. The molecule has 8 heteroatoms. The second kappa shape index (κ2) is 10.3. The topological polar surface area (TPSA) is 74.8 Å². The van der Waals surface area contributed by atoms with Gasteiger partial charge in [-0.25, -0.2) is 13.1 Å². The van der Waals surface area contributed by atoms with E-state index in [1.54, 1.807) is 31.5 Å². The van der Waals surface area contributed by atoms with Crippen LogP contribution in [0.25, 0.3) is 10.9 Å². The van der Waals surface area contributed by atoms with Crippen LogP contribution in [-0.4, -0.2) is 64.7 Å². The van der Waals surface area contributed by atoms with Crippen LogP contribution in [0.3, 0.4) is 0 Å². The summed E-state index contributed by atoms with van der Waals surface area (Å²) < 4.78 is 33.4. The summed E-state index contributed by atoms with van der Waals surface area (Å²) in [6.07, 6.45) is 3.47. The van der Waals surface area contributed by atoms with Gasteiger partial charge in [-0.1, -0.05) is 18.2 Å². The van der Waals surface area contributed by atoms with Crippen molar-refractivity contribution in [3.05, 3.63) is 60.8 Å². The van der Waals surface area contributed by atoms with Crippen molar-refractivity contribution < 1.29 is 13.2 Å². The standard InChI is InChI=1S/C24H30N4O3S/c1-31-24-9-3-2-8-23(24)28-17-15-27(16-18-28)14-5-4-13-26-32(29,30)21-10-11-22-20(19-21)7-6-12-25-22/h2-3,6-12,19,26H,4-5,13-18H2,1H3. The molecule has 1 aliphatic rings. The van der Waals surface area contributed by atoms with Gasteiger partial charge in [0.05, 0.1) is 23.2 Å². The second-order valence-corrected chi connectivity index (χ2v) is 9.73. The Balaban J connectivity index is 1.19. The maximum atomic E-state index is 12.6. The van der Waals surface area contributed by atoms with Gasteiger partial charge in [-0.2, -0.15) is 0 Å². The van der Waals surface area contributed by atoms with E-state index >= 15 is 0 Å². The molecule has 0 saturated carbocycles. The van der Waals surface area contributed by atoms with Crippen LogP contribution in [-0.2, 0) is 10.0 Å². The third-order valence-corrected chi connectivity index (χ3v) is 7.33. The van der Waals surface area contributed by atoms with Gasteiger partial charge >= 0.3 is 0 Å². The lowest BCUT2D eigenvalue weighted by Crippen LogP contribution is -2.46. The monoisotopic (exact) mass is 454 g/mol. The van der Waals surface area contributed by atoms with Gasteiger partial charge in [0.15, 0.2) is 0 Å². The molecule has 0 atom stereocenters. The lowest BCUT2D eigenvalue weighted by molar-refractivity contribution is 0.252. The van der Waals surface area contributed by atoms with E-state index in [-0.39, 0.29) is 4.90 Å². The highest BCUT2D eigenvalue weighted by molar-refractivity contribution is 7.89. The molecule has 0 bridgehead atoms. The van der Waals surface area contributed by atoms with Crippen LogP contribution < -0.4 is 14.4 Å². The third kappa shape index (κ3) is 5.38. The molecule has 1 aromatic heterocycles. The lowest BCUT2D eigenvalue weighted by Gasteiger charge is -2.36. The Labute approximate surface area is 190 Å². The Morgan fingerprint density at radius 2 is 1.81 bits per heavy atom. The summed E-state index contributed by atoms with van der Waals surface area (Å²) in [6.45, 7) is 5.33. The summed E-state index contributed by atoms with van der Waals surface area (Å²) in [7, 11) is -1.80. The van der Waals surface area contributed by atoms with Gasteiger partial charge in [-0.15, -0.1) is 0 Å². The van der Waals surface area contributed by atoms with Crippen molar-refractivity contribution in [1.29, 1.82) is 0 Å². The summed E-state index contributed by atoms with van der Waals surface area (Å²) in [5.74, 6) is 0.913. The number of rotatable bonds is 9. The Kier molecular flexibility index (Phi) is 7.24. The van der Waals surface area contributed by atoms with Crippen molar-refractivity contribution in [3.8, 4) is 5.75 Å². The highest BCUT2D eigenvalue weighted by Crippen LogP contribution is 2.28. The predicted molar refractivity (Wildman–Crippen MR) is 128 cm³/mol. The van der Waals surface area contributed by atoms with Gasteiger partial charge in [-0.3, -0.25) is 9.88 Å². The van der Waals surface area contributed by atoms with Gasteiger partial charge in [0, 0.05) is 44.3 Å². The minimum absolute atomic E-state index is 0.283. The summed E-state index contributed by atoms with van der Waals surface area (Å²) >= 11 is 0. The van der Waals surface area contributed by atoms with Crippen molar-refractivity contribution in [2.75, 3.05) is 51.3 Å². The van der Waals surface area contributed by atoms with E-state index in [0.29, 0.717) is 6.54 Å². The first-order chi connectivity index (χ1) is 15.6. The first-order valence-electron chi connectivity index (χ1n) is 11.0. The summed E-state index contributed by atoms with van der Waals surface area (Å²) in [5, 5.41) is 0.822. The van der Waals surface area contributed by atoms with Gasteiger partial charge < -0.3 is 9.64 Å². The smallest absolute Gasteiger partial charge is 0.240 e. The molecule has 32 heavy (non-hydrogen) atoms. The van der Waals surface area contributed by atoms with Gasteiger partial charge in [0.1, 0.15) is 5.75 Å². The molecule has 0 radical (unpaired) electrons. The van der Waals surface area contributed by atoms with Crippen LogP contribution in [0.2, 0.25) is 0 Å². The Hall–Kier alpha value is -2.68. The lowest BCUT2D eigenvalue weighted by atomic mass is 10.2. The number of methoxy groups -OCH3 is 1. The molecule has 0 unspecified atom stereocenters. The van der Waals surface area contributed by atoms with Crippen LogP contribution >= 0.6 is 0 Å². The van der Waals surface area contributed by atoms with E-state index in [1.807, 2.05) is 30.3 Å². The molecule has 170 valence electrons. The zero-order valence-electron chi connectivity index (χ0n) is 18.4. The van der Waals surface area contributed by atoms with Crippen LogP contribution in [0, 0.1) is 0 Å². The SMILES string of the molecule is COc1ccccc1N1CCN(CCCCNS(=O)(=O)c2ccc3ncccc3c2)CC1. The highest BCUT2D eigenvalue weighted by atomic mass is 32.2. The molecular formula is C24H30N4O3S. The normalized spacial score (nSPS) is 15.2. The number of sulfonamides is 1. The van der Waals surface area contributed by atoms with Crippen molar-refractivity contribution in [2.24, 2.45) is 0 Å². The summed E-state index contributed by atoms with van der Waals surface area (Å²) in [4.78, 5) is 9.32. The zero-order chi connectivity index (χ0) is 22.4. The minimum Gasteiger partial charge on any atom is -0.495 e. The molecule has 2 aromatic carbocycles. The number of nitrogens with zero attached hydrogens (tertiary/aromatic N) is 3. The van der Waals surface area contributed by atoms with E-state index in [9.17, 15) is 8.42 Å². The van der Waals surface area contributed by atoms with Gasteiger partial charge in [0.2, 0.25) is 10.0 Å². The first-order valence-corrected chi connectivity index (χ1v) is 12.5. The second-order valence-electron chi connectivity index (χ2n) is 7.96. The van der Waals surface area contributed by atoms with Crippen LogP contribution in [0.5, 0.6) is 5.75 Å². The molecule has 0 amide bonds. The number of aromatic nitrogens is 1. The molecule has 2 heterocycles. The van der Waals surface area contributed by atoms with Crippen LogP contribution in [0.4, 0.5) is 5.69 Å². The van der Waals surface area contributed by atoms with Crippen molar-refractivity contribution in [2.45, 2.75) is 17.7 Å². The number of unbranched alkanes of at least 4 members (excludes halogenated alkanes) is 1. The molecule has 1 fully saturated rings. The van der Waals surface area contributed by atoms with Crippen molar-refractivity contribution in [1.82, 2.24) is 14.6 Å². The van der Waals surface area contributed by atoms with E-state index in [2.05, 4.69) is 25.6 Å². The fourth-order valence-electron chi connectivity index (χ4n) is 4.07. The van der Waals surface area contributed by atoms with E-state index in [0.717, 1.165) is 67.9 Å². The number of para-hydroxylation sites is 2. The molecule has 1 saturated heterocycles. The van der Waals surface area contributed by atoms with Gasteiger partial charge in [-0.05, 0) is 55.8 Å². The van der Waals surface area contributed by atoms with Crippen molar-refractivity contribution >= 4 is 26.6 Å². The number of piperazine rings is 1. The molecule has 0 spiro atoms. The minimum atomic E-state index is -3.51. The quantitative estimate of drug-likeness (QED) is 0.501. The van der Waals surface area contributed by atoms with E-state index in [4.69, 9.17) is 4.74 Å². The molecule has 7 nitrogen and oxygen atoms in total. The largest absolute Gasteiger partial charge is 0.495 e. The number of ether oxygens (including phenoxy) is 1. The van der Waals surface area contributed by atoms with Gasteiger partial charge in [0.25, 0.3) is 0 Å². The number of fused-ring (bicyclic) bond motifs is 1. The first kappa shape index (κ1) is 22.5. The van der Waals surface area contributed by atoms with E-state index in [1.165, 1.54) is 0 Å². The number of hydrogen-bond acceptors (Lipinski definition) is 6. The van der Waals surface area contributed by atoms with Crippen LogP contribution in [0.15, 0.2) is 65.7 Å². The summed E-state index contributed by atoms with van der Waals surface area (Å²) in [5.41, 5.74) is 1.94. The summed E-state index contributed by atoms with van der Waals surface area (Å²) in [6, 6.07) is 16.8. The number of hydrogen-bond donors (Lipinski definition) is 1. The molecule has 3 aromatic rings. The maximum absolute atomic E-state index is 12.6. The number of nitrogens with one attached hydrogen (secondary N) is 1. The average Bonchev–Trinajstić information content (AvgIpc) is 2.84. The molecule has 1 aliphatic heterocycles. The Morgan fingerprint density at radius 1 is 1.00 bits per heavy atom. The predicted octanol–water partition coefficient (Wildman–Crippen LogP) is 3.12. The van der Waals surface area contributed by atoms with Crippen LogP contribution in [0.1, 0.15) is 12.8 Å². The van der Waals surface area contributed by atoms with Crippen molar-refractivity contribution in [3.63, 3.8) is 0 Å². The average molecular weight is 455 g/mol. The number of benzene rings is 2. The molecular weight excluding hydrogens is 424 g/mol. The zero-order valence-corrected chi connectivity index (χ0v) is 19.2. The fraction of sp³-hybridized carbons (Fsp3) is 0.375. The Morgan fingerprint density at radius 3 is 2.62 bits per heavy atom. The highest BCUT2D eigenvalue weighted by Gasteiger charge is 2.19. The third-order valence-electron chi connectivity index (χ3n) is 5.88. The maximum Gasteiger partial charge on any atom is 0.240 e. The fourth-order valence-corrected chi connectivity index (χ4v) is 5.18. The van der Waals surface area contributed by atoms with E-state index < -0.39 is 10.0 Å². The number of pyridine rings is 1. The molecule has 4 rings (SSSR count). The molecule has 1 N–H and O–H groups in total. The number of anilines is 1.